The van der Waals surface area contributed by atoms with Gasteiger partial charge in [-0.05, 0) is 36.4 Å². The number of phenolic OH excluding ortho intramolecular Hbond substituents is 1. The first kappa shape index (κ1) is 16.5. The molecule has 1 amide bonds. The van der Waals surface area contributed by atoms with Crippen molar-refractivity contribution in [1.82, 2.24) is 0 Å². The Balaban J connectivity index is 1.76. The molecule has 2 aliphatic heterocycles. The van der Waals surface area contributed by atoms with Gasteiger partial charge in [0.1, 0.15) is 23.8 Å². The van der Waals surface area contributed by atoms with E-state index in [2.05, 4.69) is 4.99 Å². The molecule has 0 saturated heterocycles. The van der Waals surface area contributed by atoms with E-state index in [1.54, 1.807) is 60.8 Å². The first-order chi connectivity index (χ1) is 13.6. The molecular formula is C22H16N2O4. The minimum atomic E-state index is -1.75. The number of nitrogens with zero attached hydrogens (tertiary/aromatic N) is 2. The molecule has 1 atom stereocenters. The summed E-state index contributed by atoms with van der Waals surface area (Å²) in [6, 6.07) is 18.4. The third kappa shape index (κ3) is 2.25. The fraction of sp³-hybridized carbons (Fsp3) is 0.0909. The Morgan fingerprint density at radius 2 is 1.89 bits per heavy atom. The number of carbonyl (C=O) groups is 1. The molecule has 0 aromatic heterocycles. The number of anilines is 1. The Bertz CT molecular complexity index is 1140. The van der Waals surface area contributed by atoms with Crippen LogP contribution in [0.25, 0.3) is 0 Å². The van der Waals surface area contributed by atoms with Crippen molar-refractivity contribution in [2.75, 3.05) is 11.5 Å². The van der Waals surface area contributed by atoms with Crippen LogP contribution in [-0.4, -0.2) is 28.9 Å². The van der Waals surface area contributed by atoms with Crippen LogP contribution in [0.5, 0.6) is 11.5 Å². The molecule has 138 valence electrons. The average molecular weight is 372 g/mol. The molecule has 5 rings (SSSR count). The molecule has 0 radical (unpaired) electrons. The molecule has 0 saturated carbocycles. The van der Waals surface area contributed by atoms with E-state index in [-0.39, 0.29) is 11.7 Å². The van der Waals surface area contributed by atoms with Crippen LogP contribution in [-0.2, 0) is 5.72 Å². The van der Waals surface area contributed by atoms with Crippen molar-refractivity contribution in [3.05, 3.63) is 83.4 Å². The van der Waals surface area contributed by atoms with Gasteiger partial charge in [0.05, 0.1) is 5.69 Å². The molecule has 2 N–H and O–H groups in total. The van der Waals surface area contributed by atoms with Gasteiger partial charge < -0.3 is 14.9 Å². The van der Waals surface area contributed by atoms with Crippen molar-refractivity contribution in [1.29, 1.82) is 0 Å². The van der Waals surface area contributed by atoms with E-state index in [1.165, 1.54) is 17.0 Å². The lowest BCUT2D eigenvalue weighted by Gasteiger charge is -2.35. The third-order valence-electron chi connectivity index (χ3n) is 5.05. The predicted octanol–water partition coefficient (Wildman–Crippen LogP) is 3.34. The summed E-state index contributed by atoms with van der Waals surface area (Å²) in [5.74, 6) is 0.282. The van der Waals surface area contributed by atoms with Gasteiger partial charge in [-0.3, -0.25) is 14.7 Å². The molecule has 0 aliphatic carbocycles. The van der Waals surface area contributed by atoms with E-state index in [4.69, 9.17) is 4.74 Å². The number of aliphatic imine (C=N–C) groups is 1. The number of hydrogen-bond acceptors (Lipinski definition) is 5. The molecule has 2 aliphatic rings. The van der Waals surface area contributed by atoms with Gasteiger partial charge in [0.2, 0.25) is 0 Å². The summed E-state index contributed by atoms with van der Waals surface area (Å²) in [7, 11) is 0. The van der Waals surface area contributed by atoms with Crippen LogP contribution in [0.2, 0.25) is 0 Å². The largest absolute Gasteiger partial charge is 0.508 e. The first-order valence-electron chi connectivity index (χ1n) is 8.84. The number of hydrogen-bond donors (Lipinski definition) is 2. The van der Waals surface area contributed by atoms with Crippen LogP contribution in [0.3, 0.4) is 0 Å². The monoisotopic (exact) mass is 372 g/mol. The Kier molecular flexibility index (Phi) is 3.50. The molecule has 6 heteroatoms. The summed E-state index contributed by atoms with van der Waals surface area (Å²) >= 11 is 0. The second-order valence-electron chi connectivity index (χ2n) is 6.68. The highest BCUT2D eigenvalue weighted by molar-refractivity contribution is 6.12. The zero-order chi connectivity index (χ0) is 19.3. The smallest absolute Gasteiger partial charge is 0.261 e. The number of phenols is 1. The minimum Gasteiger partial charge on any atom is -0.508 e. The van der Waals surface area contributed by atoms with Gasteiger partial charge in [-0.1, -0.05) is 24.3 Å². The molecule has 3 aromatic carbocycles. The number of fused-ring (bicyclic) bond motifs is 2. The highest BCUT2D eigenvalue weighted by atomic mass is 16.5. The fourth-order valence-corrected chi connectivity index (χ4v) is 3.80. The highest BCUT2D eigenvalue weighted by Crippen LogP contribution is 2.47. The lowest BCUT2D eigenvalue weighted by atomic mass is 9.93. The number of benzene rings is 3. The van der Waals surface area contributed by atoms with Gasteiger partial charge in [-0.25, -0.2) is 0 Å². The van der Waals surface area contributed by atoms with E-state index in [9.17, 15) is 15.0 Å². The highest BCUT2D eigenvalue weighted by Gasteiger charge is 2.50. The number of aliphatic hydroxyl groups is 1. The van der Waals surface area contributed by atoms with Gasteiger partial charge in [-0.2, -0.15) is 0 Å². The lowest BCUT2D eigenvalue weighted by Crippen LogP contribution is -2.45. The molecular weight excluding hydrogens is 356 g/mol. The molecule has 2 heterocycles. The van der Waals surface area contributed by atoms with Crippen LogP contribution >= 0.6 is 0 Å². The summed E-state index contributed by atoms with van der Waals surface area (Å²) in [6.07, 6.45) is 1.65. The second-order valence-corrected chi connectivity index (χ2v) is 6.68. The number of ether oxygens (including phenoxy) is 1. The van der Waals surface area contributed by atoms with E-state index in [1.807, 2.05) is 0 Å². The molecule has 28 heavy (non-hydrogen) atoms. The average Bonchev–Trinajstić information content (AvgIpc) is 2.96. The third-order valence-corrected chi connectivity index (χ3v) is 5.05. The van der Waals surface area contributed by atoms with Crippen molar-refractivity contribution in [3.63, 3.8) is 0 Å². The number of amides is 1. The quantitative estimate of drug-likeness (QED) is 0.723. The van der Waals surface area contributed by atoms with E-state index in [0.29, 0.717) is 40.4 Å². The van der Waals surface area contributed by atoms with E-state index >= 15 is 0 Å². The summed E-state index contributed by atoms with van der Waals surface area (Å²) in [5.41, 5.74) is 0.597. The van der Waals surface area contributed by atoms with Crippen molar-refractivity contribution < 1.29 is 19.7 Å². The van der Waals surface area contributed by atoms with Gasteiger partial charge in [-0.15, -0.1) is 0 Å². The number of aromatic hydroxyl groups is 1. The Morgan fingerprint density at radius 3 is 2.75 bits per heavy atom. The maximum Gasteiger partial charge on any atom is 0.261 e. The zero-order valence-corrected chi connectivity index (χ0v) is 14.7. The van der Waals surface area contributed by atoms with Gasteiger partial charge >= 0.3 is 0 Å². The van der Waals surface area contributed by atoms with Gasteiger partial charge in [0.15, 0.2) is 5.72 Å². The van der Waals surface area contributed by atoms with Gasteiger partial charge in [0, 0.05) is 29.0 Å². The molecule has 1 unspecified atom stereocenters. The van der Waals surface area contributed by atoms with Crippen molar-refractivity contribution in [2.24, 2.45) is 4.99 Å². The Hall–Kier alpha value is -3.64. The van der Waals surface area contributed by atoms with E-state index in [0.717, 1.165) is 0 Å². The summed E-state index contributed by atoms with van der Waals surface area (Å²) in [6.45, 7) is 0.396. The van der Waals surface area contributed by atoms with E-state index < -0.39 is 5.72 Å². The second kappa shape index (κ2) is 5.94. The SMILES string of the molecule is O=C1c2ccccc2C(O)(c2ccc3c(c2)N=CCO3)N1c1cccc(O)c1. The lowest BCUT2D eigenvalue weighted by molar-refractivity contribution is 0.0703. The first-order valence-corrected chi connectivity index (χ1v) is 8.84. The minimum absolute atomic E-state index is 0.00653. The zero-order valence-electron chi connectivity index (χ0n) is 14.7. The maximum absolute atomic E-state index is 13.2. The summed E-state index contributed by atoms with van der Waals surface area (Å²) in [4.78, 5) is 18.9. The standard InChI is InChI=1S/C22H16N2O4/c25-16-5-3-4-15(13-16)24-21(26)17-6-1-2-7-18(17)22(24,27)14-8-9-20-19(12-14)23-10-11-28-20/h1-10,12-13,25,27H,11H2. The molecule has 0 spiro atoms. The normalized spacial score (nSPS) is 19.9. The van der Waals surface area contributed by atoms with Crippen molar-refractivity contribution in [2.45, 2.75) is 5.72 Å². The topological polar surface area (TPSA) is 82.4 Å². The van der Waals surface area contributed by atoms with Crippen LogP contribution in [0.4, 0.5) is 11.4 Å². The summed E-state index contributed by atoms with van der Waals surface area (Å²) < 4.78 is 5.55. The van der Waals surface area contributed by atoms with Crippen molar-refractivity contribution in [3.8, 4) is 11.5 Å². The summed E-state index contributed by atoms with van der Waals surface area (Å²) in [5, 5.41) is 21.8. The number of carbonyl (C=O) groups excluding carboxylic acids is 1. The Morgan fingerprint density at radius 1 is 1.04 bits per heavy atom. The Labute approximate surface area is 161 Å². The van der Waals surface area contributed by atoms with Gasteiger partial charge in [0.25, 0.3) is 5.91 Å². The van der Waals surface area contributed by atoms with Crippen LogP contribution in [0.1, 0.15) is 21.5 Å². The van der Waals surface area contributed by atoms with Crippen molar-refractivity contribution >= 4 is 23.5 Å². The van der Waals surface area contributed by atoms with Crippen LogP contribution in [0, 0.1) is 0 Å². The van der Waals surface area contributed by atoms with Crippen LogP contribution in [0.15, 0.2) is 71.7 Å². The maximum atomic E-state index is 13.2. The molecule has 6 nitrogen and oxygen atoms in total. The van der Waals surface area contributed by atoms with Crippen LogP contribution < -0.4 is 9.64 Å². The predicted molar refractivity (Wildman–Crippen MR) is 104 cm³/mol. The molecule has 0 bridgehead atoms. The number of rotatable bonds is 2. The fourth-order valence-electron chi connectivity index (χ4n) is 3.80. The molecule has 3 aromatic rings. The molecule has 0 fully saturated rings.